The summed E-state index contributed by atoms with van der Waals surface area (Å²) in [6, 6.07) is 14.4. The fraction of sp³-hybridized carbons (Fsp3) is 0.238. The number of hydrogen-bond donors (Lipinski definition) is 0. The molecular formula is C21H21N5O3. The molecule has 1 aromatic heterocycles. The van der Waals surface area contributed by atoms with E-state index in [-0.39, 0.29) is 11.8 Å². The Labute approximate surface area is 168 Å². The van der Waals surface area contributed by atoms with Crippen LogP contribution in [0.25, 0.3) is 5.69 Å². The van der Waals surface area contributed by atoms with Crippen LogP contribution in [0.1, 0.15) is 20.7 Å². The number of hydrogen-bond acceptors (Lipinski definition) is 5. The maximum absolute atomic E-state index is 12.8. The van der Waals surface area contributed by atoms with Crippen LogP contribution < -0.4 is 4.74 Å². The average Bonchev–Trinajstić information content (AvgIpc) is 3.33. The first-order valence-corrected chi connectivity index (χ1v) is 9.33. The van der Waals surface area contributed by atoms with Gasteiger partial charge < -0.3 is 14.5 Å². The second kappa shape index (κ2) is 8.14. The van der Waals surface area contributed by atoms with Crippen LogP contribution in [-0.4, -0.2) is 69.7 Å². The number of rotatable bonds is 4. The van der Waals surface area contributed by atoms with Crippen LogP contribution in [0.2, 0.25) is 0 Å². The minimum Gasteiger partial charge on any atom is -0.497 e. The first-order chi connectivity index (χ1) is 14.2. The van der Waals surface area contributed by atoms with Gasteiger partial charge in [0.25, 0.3) is 11.8 Å². The Balaban J connectivity index is 1.37. The lowest BCUT2D eigenvalue weighted by Crippen LogP contribution is -2.50. The van der Waals surface area contributed by atoms with E-state index >= 15 is 0 Å². The van der Waals surface area contributed by atoms with Crippen LogP contribution in [0.15, 0.2) is 61.2 Å². The molecule has 0 atom stereocenters. The van der Waals surface area contributed by atoms with Crippen LogP contribution in [-0.2, 0) is 0 Å². The predicted molar refractivity (Wildman–Crippen MR) is 106 cm³/mol. The first-order valence-electron chi connectivity index (χ1n) is 9.33. The van der Waals surface area contributed by atoms with Crippen molar-refractivity contribution in [1.29, 1.82) is 0 Å². The summed E-state index contributed by atoms with van der Waals surface area (Å²) < 4.78 is 6.83. The van der Waals surface area contributed by atoms with Crippen LogP contribution in [0.4, 0.5) is 0 Å². The standard InChI is InChI=1S/C21H21N5O3/c1-29-19-4-2-3-17(13-19)21(28)25-11-9-24(10-12-25)20(27)16-5-7-18(8-6-16)26-15-22-14-23-26/h2-8,13-15H,9-12H2,1H3. The summed E-state index contributed by atoms with van der Waals surface area (Å²) >= 11 is 0. The number of methoxy groups -OCH3 is 1. The van der Waals surface area contributed by atoms with E-state index in [0.29, 0.717) is 43.1 Å². The third-order valence-electron chi connectivity index (χ3n) is 4.97. The van der Waals surface area contributed by atoms with E-state index in [4.69, 9.17) is 4.74 Å². The second-order valence-electron chi connectivity index (χ2n) is 6.70. The Bertz CT molecular complexity index is 993. The Morgan fingerprint density at radius 2 is 1.55 bits per heavy atom. The molecule has 0 unspecified atom stereocenters. The van der Waals surface area contributed by atoms with Crippen molar-refractivity contribution in [3.05, 3.63) is 72.3 Å². The third kappa shape index (κ3) is 3.96. The number of benzene rings is 2. The van der Waals surface area contributed by atoms with Crippen LogP contribution in [0.5, 0.6) is 5.75 Å². The average molecular weight is 391 g/mol. The number of aromatic nitrogens is 3. The molecule has 29 heavy (non-hydrogen) atoms. The van der Waals surface area contributed by atoms with Gasteiger partial charge in [-0.3, -0.25) is 9.59 Å². The number of carbonyl (C=O) groups is 2. The molecule has 0 bridgehead atoms. The summed E-state index contributed by atoms with van der Waals surface area (Å²) in [5.74, 6) is 0.566. The van der Waals surface area contributed by atoms with E-state index in [1.54, 1.807) is 58.3 Å². The SMILES string of the molecule is COc1cccc(C(=O)N2CCN(C(=O)c3ccc(-n4cncn4)cc3)CC2)c1. The Morgan fingerprint density at radius 3 is 2.14 bits per heavy atom. The number of carbonyl (C=O) groups excluding carboxylic acids is 2. The molecule has 8 heteroatoms. The molecule has 0 saturated carbocycles. The molecule has 148 valence electrons. The minimum atomic E-state index is -0.0480. The van der Waals surface area contributed by atoms with Crippen molar-refractivity contribution < 1.29 is 14.3 Å². The summed E-state index contributed by atoms with van der Waals surface area (Å²) in [7, 11) is 1.58. The van der Waals surface area contributed by atoms with Gasteiger partial charge in [-0.15, -0.1) is 0 Å². The zero-order valence-electron chi connectivity index (χ0n) is 16.1. The van der Waals surface area contributed by atoms with E-state index in [2.05, 4.69) is 10.1 Å². The normalized spacial score (nSPS) is 14.0. The topological polar surface area (TPSA) is 80.6 Å². The summed E-state index contributed by atoms with van der Waals surface area (Å²) in [6.07, 6.45) is 3.07. The number of nitrogens with zero attached hydrogens (tertiary/aromatic N) is 5. The van der Waals surface area contributed by atoms with Crippen molar-refractivity contribution in [2.45, 2.75) is 0 Å². The Kier molecular flexibility index (Phi) is 5.24. The molecule has 0 radical (unpaired) electrons. The van der Waals surface area contributed by atoms with E-state index < -0.39 is 0 Å². The van der Waals surface area contributed by atoms with Crippen molar-refractivity contribution >= 4 is 11.8 Å². The van der Waals surface area contributed by atoms with Gasteiger partial charge in [0.1, 0.15) is 18.4 Å². The molecular weight excluding hydrogens is 370 g/mol. The van der Waals surface area contributed by atoms with Crippen LogP contribution in [0.3, 0.4) is 0 Å². The minimum absolute atomic E-state index is 0.0383. The highest BCUT2D eigenvalue weighted by atomic mass is 16.5. The molecule has 0 N–H and O–H groups in total. The zero-order chi connectivity index (χ0) is 20.2. The van der Waals surface area contributed by atoms with Gasteiger partial charge in [0.05, 0.1) is 12.8 Å². The molecule has 1 saturated heterocycles. The lowest BCUT2D eigenvalue weighted by molar-refractivity contribution is 0.0535. The van der Waals surface area contributed by atoms with Crippen LogP contribution >= 0.6 is 0 Å². The number of amides is 2. The molecule has 0 spiro atoms. The van der Waals surface area contributed by atoms with E-state index in [1.165, 1.54) is 6.33 Å². The van der Waals surface area contributed by atoms with Gasteiger partial charge in [-0.2, -0.15) is 5.10 Å². The van der Waals surface area contributed by atoms with E-state index in [9.17, 15) is 9.59 Å². The second-order valence-corrected chi connectivity index (χ2v) is 6.70. The molecule has 4 rings (SSSR count). The third-order valence-corrected chi connectivity index (χ3v) is 4.97. The highest BCUT2D eigenvalue weighted by molar-refractivity contribution is 5.96. The molecule has 1 aliphatic rings. The van der Waals surface area contributed by atoms with Gasteiger partial charge in [-0.05, 0) is 42.5 Å². The summed E-state index contributed by atoms with van der Waals surface area (Å²) in [5.41, 5.74) is 2.04. The predicted octanol–water partition coefficient (Wildman–Crippen LogP) is 1.87. The first kappa shape index (κ1) is 18.7. The van der Waals surface area contributed by atoms with Crippen molar-refractivity contribution in [3.8, 4) is 11.4 Å². The van der Waals surface area contributed by atoms with Crippen molar-refractivity contribution in [1.82, 2.24) is 24.6 Å². The van der Waals surface area contributed by atoms with Crippen molar-refractivity contribution in [3.63, 3.8) is 0 Å². The molecule has 2 aromatic carbocycles. The van der Waals surface area contributed by atoms with Gasteiger partial charge in [-0.1, -0.05) is 6.07 Å². The van der Waals surface area contributed by atoms with Crippen molar-refractivity contribution in [2.24, 2.45) is 0 Å². The molecule has 2 heterocycles. The summed E-state index contributed by atoms with van der Waals surface area (Å²) in [4.78, 5) is 33.0. The highest BCUT2D eigenvalue weighted by Crippen LogP contribution is 2.17. The molecule has 0 aliphatic carbocycles. The Morgan fingerprint density at radius 1 is 0.897 bits per heavy atom. The van der Waals surface area contributed by atoms with Gasteiger partial charge in [0.2, 0.25) is 0 Å². The molecule has 3 aromatic rings. The molecule has 8 nitrogen and oxygen atoms in total. The zero-order valence-corrected chi connectivity index (χ0v) is 16.1. The fourth-order valence-electron chi connectivity index (χ4n) is 3.33. The van der Waals surface area contributed by atoms with Gasteiger partial charge in [-0.25, -0.2) is 9.67 Å². The lowest BCUT2D eigenvalue weighted by atomic mass is 10.1. The van der Waals surface area contributed by atoms with Crippen molar-refractivity contribution in [2.75, 3.05) is 33.3 Å². The largest absolute Gasteiger partial charge is 0.497 e. The summed E-state index contributed by atoms with van der Waals surface area (Å²) in [5, 5.41) is 4.08. The monoisotopic (exact) mass is 391 g/mol. The quantitative estimate of drug-likeness (QED) is 0.678. The smallest absolute Gasteiger partial charge is 0.254 e. The Hall–Kier alpha value is -3.68. The maximum Gasteiger partial charge on any atom is 0.254 e. The molecule has 1 aliphatic heterocycles. The lowest BCUT2D eigenvalue weighted by Gasteiger charge is -2.35. The van der Waals surface area contributed by atoms with Crippen LogP contribution in [0, 0.1) is 0 Å². The fourth-order valence-corrected chi connectivity index (χ4v) is 3.33. The van der Waals surface area contributed by atoms with E-state index in [0.717, 1.165) is 5.69 Å². The number of piperazine rings is 1. The van der Waals surface area contributed by atoms with E-state index in [1.807, 2.05) is 18.2 Å². The highest BCUT2D eigenvalue weighted by Gasteiger charge is 2.25. The van der Waals surface area contributed by atoms with Gasteiger partial charge in [0, 0.05) is 37.3 Å². The number of ether oxygens (including phenoxy) is 1. The molecule has 1 fully saturated rings. The molecule has 2 amide bonds. The van der Waals surface area contributed by atoms with Gasteiger partial charge in [0.15, 0.2) is 0 Å². The van der Waals surface area contributed by atoms with Gasteiger partial charge >= 0.3 is 0 Å². The maximum atomic E-state index is 12.8. The summed E-state index contributed by atoms with van der Waals surface area (Å²) in [6.45, 7) is 2.00.